The molecule has 0 spiro atoms. The average Bonchev–Trinajstić information content (AvgIpc) is 2.70. The first-order chi connectivity index (χ1) is 10.5. The summed E-state index contributed by atoms with van der Waals surface area (Å²) in [5.74, 6) is -2.35. The Morgan fingerprint density at radius 1 is 1.05 bits per heavy atom. The third kappa shape index (κ3) is 3.30. The quantitative estimate of drug-likeness (QED) is 0.632. The van der Waals surface area contributed by atoms with Gasteiger partial charge < -0.3 is 5.32 Å². The first-order valence-corrected chi connectivity index (χ1v) is 7.06. The molecule has 22 heavy (non-hydrogen) atoms. The molecule has 5 amide bonds. The van der Waals surface area contributed by atoms with E-state index in [-0.39, 0.29) is 6.54 Å². The van der Waals surface area contributed by atoms with Crippen molar-refractivity contribution < 1.29 is 19.2 Å². The Kier molecular flexibility index (Phi) is 4.88. The number of imide groups is 2. The van der Waals surface area contributed by atoms with E-state index in [2.05, 4.69) is 5.32 Å². The average molecular weight is 303 g/mol. The van der Waals surface area contributed by atoms with Crippen molar-refractivity contribution in [3.63, 3.8) is 0 Å². The van der Waals surface area contributed by atoms with E-state index < -0.39 is 30.3 Å². The normalized spacial score (nSPS) is 14.7. The first kappa shape index (κ1) is 15.7. The molecule has 1 fully saturated rings. The summed E-state index contributed by atoms with van der Waals surface area (Å²) in [5.41, 5.74) is 0.556. The highest BCUT2D eigenvalue weighted by Crippen LogP contribution is 2.13. The van der Waals surface area contributed by atoms with Gasteiger partial charge in [-0.3, -0.25) is 19.3 Å². The van der Waals surface area contributed by atoms with E-state index >= 15 is 0 Å². The van der Waals surface area contributed by atoms with Crippen molar-refractivity contribution >= 4 is 29.4 Å². The third-order valence-corrected chi connectivity index (χ3v) is 3.23. The van der Waals surface area contributed by atoms with Crippen LogP contribution in [0, 0.1) is 0 Å². The Morgan fingerprint density at radius 2 is 1.68 bits per heavy atom. The van der Waals surface area contributed by atoms with Crippen molar-refractivity contribution in [2.24, 2.45) is 0 Å². The summed E-state index contributed by atoms with van der Waals surface area (Å²) in [6, 6.07) is 7.93. The van der Waals surface area contributed by atoms with Crippen LogP contribution >= 0.6 is 0 Å². The maximum atomic E-state index is 12.1. The Bertz CT molecular complexity index is 600. The van der Waals surface area contributed by atoms with E-state index in [1.807, 2.05) is 6.92 Å². The summed E-state index contributed by atoms with van der Waals surface area (Å²) in [7, 11) is 0. The van der Waals surface area contributed by atoms with Crippen molar-refractivity contribution in [3.05, 3.63) is 30.3 Å². The van der Waals surface area contributed by atoms with Gasteiger partial charge in [0.2, 0.25) is 5.91 Å². The number of urea groups is 1. The minimum Gasteiger partial charge on any atom is -0.325 e. The number of nitrogens with one attached hydrogen (secondary N) is 1. The number of hydrogen-bond acceptors (Lipinski definition) is 4. The van der Waals surface area contributed by atoms with E-state index in [4.69, 9.17) is 0 Å². The van der Waals surface area contributed by atoms with Crippen LogP contribution in [-0.2, 0) is 14.4 Å². The minimum absolute atomic E-state index is 0.191. The zero-order valence-electron chi connectivity index (χ0n) is 12.2. The summed E-state index contributed by atoms with van der Waals surface area (Å²) in [6.45, 7) is 1.63. The van der Waals surface area contributed by atoms with Gasteiger partial charge in [-0.2, -0.15) is 0 Å². The number of rotatable bonds is 6. The molecule has 0 radical (unpaired) electrons. The number of nitrogens with zero attached hydrogens (tertiary/aromatic N) is 2. The van der Waals surface area contributed by atoms with Gasteiger partial charge in [0.25, 0.3) is 0 Å². The highest BCUT2D eigenvalue weighted by Gasteiger charge is 2.44. The molecular weight excluding hydrogens is 286 g/mol. The number of carbonyl (C=O) groups excluding carboxylic acids is 4. The van der Waals surface area contributed by atoms with Gasteiger partial charge >= 0.3 is 17.8 Å². The minimum atomic E-state index is -0.954. The fraction of sp³-hybridized carbons (Fsp3) is 0.333. The summed E-state index contributed by atoms with van der Waals surface area (Å²) < 4.78 is 0. The number of benzene rings is 1. The van der Waals surface area contributed by atoms with Crippen molar-refractivity contribution in [1.29, 1.82) is 0 Å². The maximum Gasteiger partial charge on any atom is 0.334 e. The first-order valence-electron chi connectivity index (χ1n) is 7.06. The molecule has 1 aliphatic heterocycles. The Hall–Kier alpha value is -2.70. The van der Waals surface area contributed by atoms with Gasteiger partial charge in [-0.1, -0.05) is 31.5 Å². The number of para-hydroxylation sites is 1. The molecule has 7 nitrogen and oxygen atoms in total. The van der Waals surface area contributed by atoms with E-state index in [0.717, 1.165) is 11.3 Å². The second-order valence-corrected chi connectivity index (χ2v) is 4.90. The zero-order chi connectivity index (χ0) is 16.1. The molecule has 116 valence electrons. The molecule has 1 aromatic carbocycles. The van der Waals surface area contributed by atoms with Gasteiger partial charge in [-0.15, -0.1) is 0 Å². The second kappa shape index (κ2) is 6.84. The number of anilines is 1. The topological polar surface area (TPSA) is 86.8 Å². The molecule has 1 saturated heterocycles. The summed E-state index contributed by atoms with van der Waals surface area (Å²) in [4.78, 5) is 49.1. The van der Waals surface area contributed by atoms with E-state index in [0.29, 0.717) is 17.0 Å². The third-order valence-electron chi connectivity index (χ3n) is 3.23. The van der Waals surface area contributed by atoms with Crippen molar-refractivity contribution in [2.75, 3.05) is 18.4 Å². The molecule has 1 heterocycles. The molecule has 0 unspecified atom stereocenters. The Labute approximate surface area is 127 Å². The van der Waals surface area contributed by atoms with Crippen LogP contribution in [0.2, 0.25) is 0 Å². The molecule has 0 aliphatic carbocycles. The van der Waals surface area contributed by atoms with Gasteiger partial charge in [0.05, 0.1) is 0 Å². The van der Waals surface area contributed by atoms with E-state index in [1.165, 1.54) is 0 Å². The van der Waals surface area contributed by atoms with E-state index in [9.17, 15) is 19.2 Å². The molecule has 7 heteroatoms. The van der Waals surface area contributed by atoms with Crippen LogP contribution in [0.5, 0.6) is 0 Å². The van der Waals surface area contributed by atoms with Crippen LogP contribution in [0.25, 0.3) is 0 Å². The molecule has 2 rings (SSSR count). The van der Waals surface area contributed by atoms with Gasteiger partial charge in [0, 0.05) is 12.2 Å². The lowest BCUT2D eigenvalue weighted by Gasteiger charge is -2.15. The smallest absolute Gasteiger partial charge is 0.325 e. The largest absolute Gasteiger partial charge is 0.334 e. The number of amides is 5. The molecule has 1 N–H and O–H groups in total. The Balaban J connectivity index is 2.00. The predicted molar refractivity (Wildman–Crippen MR) is 78.8 cm³/mol. The van der Waals surface area contributed by atoms with Crippen molar-refractivity contribution in [1.82, 2.24) is 9.80 Å². The lowest BCUT2D eigenvalue weighted by Crippen LogP contribution is -2.39. The van der Waals surface area contributed by atoms with E-state index in [1.54, 1.807) is 30.3 Å². The monoisotopic (exact) mass is 303 g/mol. The lowest BCUT2D eigenvalue weighted by atomic mass is 10.3. The number of unbranched alkanes of at least 4 members (excludes halogenated alkanes) is 1. The maximum absolute atomic E-state index is 12.1. The van der Waals surface area contributed by atoms with Crippen LogP contribution in [0.1, 0.15) is 19.8 Å². The Morgan fingerprint density at radius 3 is 2.32 bits per heavy atom. The summed E-state index contributed by atoms with van der Waals surface area (Å²) >= 11 is 0. The molecule has 0 aromatic heterocycles. The van der Waals surface area contributed by atoms with Crippen LogP contribution < -0.4 is 5.32 Å². The summed E-state index contributed by atoms with van der Waals surface area (Å²) in [6.07, 6.45) is 1.41. The van der Waals surface area contributed by atoms with Crippen LogP contribution in [0.3, 0.4) is 0 Å². The van der Waals surface area contributed by atoms with Gasteiger partial charge in [-0.05, 0) is 18.6 Å². The van der Waals surface area contributed by atoms with Crippen LogP contribution in [-0.4, -0.2) is 46.6 Å². The standard InChI is InChI=1S/C15H17N3O4/c1-2-3-9-17-13(20)14(21)18(15(17)22)10-12(19)16-11-7-5-4-6-8-11/h4-8H,2-3,9-10H2,1H3,(H,16,19). The highest BCUT2D eigenvalue weighted by atomic mass is 16.2. The van der Waals surface area contributed by atoms with Crippen molar-refractivity contribution in [2.45, 2.75) is 19.8 Å². The summed E-state index contributed by atoms with van der Waals surface area (Å²) in [5, 5.41) is 2.57. The number of carbonyl (C=O) groups is 4. The van der Waals surface area contributed by atoms with Crippen LogP contribution in [0.4, 0.5) is 10.5 Å². The molecule has 1 aromatic rings. The second-order valence-electron chi connectivity index (χ2n) is 4.90. The fourth-order valence-electron chi connectivity index (χ4n) is 2.07. The lowest BCUT2D eigenvalue weighted by molar-refractivity contribution is -0.143. The zero-order valence-corrected chi connectivity index (χ0v) is 12.2. The predicted octanol–water partition coefficient (Wildman–Crippen LogP) is 1.22. The van der Waals surface area contributed by atoms with Gasteiger partial charge in [0.1, 0.15) is 6.54 Å². The SMILES string of the molecule is CCCCN1C(=O)C(=O)N(CC(=O)Nc2ccccc2)C1=O. The molecule has 1 aliphatic rings. The molecule has 0 atom stereocenters. The molecule has 0 saturated carbocycles. The van der Waals surface area contributed by atoms with Crippen molar-refractivity contribution in [3.8, 4) is 0 Å². The van der Waals surface area contributed by atoms with Gasteiger partial charge in [0.15, 0.2) is 0 Å². The fourth-order valence-corrected chi connectivity index (χ4v) is 2.07. The highest BCUT2D eigenvalue weighted by molar-refractivity contribution is 6.45. The molecule has 0 bridgehead atoms. The van der Waals surface area contributed by atoms with Crippen LogP contribution in [0.15, 0.2) is 30.3 Å². The molecular formula is C15H17N3O4. The van der Waals surface area contributed by atoms with Gasteiger partial charge in [-0.25, -0.2) is 9.69 Å². The number of hydrogen-bond donors (Lipinski definition) is 1.